The first-order chi connectivity index (χ1) is 11.6. The highest BCUT2D eigenvalue weighted by molar-refractivity contribution is 6.10. The fraction of sp³-hybridized carbons (Fsp3) is 0. The van der Waals surface area contributed by atoms with Crippen molar-refractivity contribution in [2.45, 2.75) is 0 Å². The third kappa shape index (κ3) is 2.40. The van der Waals surface area contributed by atoms with Crippen LogP contribution in [-0.2, 0) is 0 Å². The van der Waals surface area contributed by atoms with Gasteiger partial charge in [0.1, 0.15) is 17.2 Å². The summed E-state index contributed by atoms with van der Waals surface area (Å²) in [7, 11) is 0. The van der Waals surface area contributed by atoms with E-state index in [-0.39, 0.29) is 11.4 Å². The molecule has 4 aromatic rings. The molecule has 1 N–H and O–H groups in total. The minimum Gasteiger partial charge on any atom is -0.451 e. The molecule has 0 aliphatic rings. The second-order valence-electron chi connectivity index (χ2n) is 5.39. The number of benzene rings is 3. The van der Waals surface area contributed by atoms with Crippen molar-refractivity contribution in [2.75, 3.05) is 5.32 Å². The molecule has 0 fully saturated rings. The van der Waals surface area contributed by atoms with Gasteiger partial charge in [0, 0.05) is 11.5 Å². The fourth-order valence-corrected chi connectivity index (χ4v) is 2.68. The normalized spacial score (nSPS) is 11.1. The molecule has 1 heterocycles. The molecule has 4 rings (SSSR count). The molecule has 118 valence electrons. The number of nitrogens with one attached hydrogen (secondary N) is 1. The van der Waals surface area contributed by atoms with Crippen LogP contribution in [-0.4, -0.2) is 5.91 Å². The van der Waals surface area contributed by atoms with E-state index < -0.39 is 17.5 Å². The predicted molar refractivity (Wildman–Crippen MR) is 88.0 cm³/mol. The Hall–Kier alpha value is -3.21. The number of carbonyl (C=O) groups excluding carboxylic acids is 1. The largest absolute Gasteiger partial charge is 0.451 e. The van der Waals surface area contributed by atoms with Gasteiger partial charge >= 0.3 is 0 Å². The summed E-state index contributed by atoms with van der Waals surface area (Å²) in [6, 6.07) is 16.0. The van der Waals surface area contributed by atoms with Gasteiger partial charge in [0.25, 0.3) is 5.91 Å². The molecule has 1 amide bonds. The Labute approximate surface area is 135 Å². The van der Waals surface area contributed by atoms with Gasteiger partial charge in [-0.15, -0.1) is 0 Å². The van der Waals surface area contributed by atoms with E-state index in [4.69, 9.17) is 4.42 Å². The van der Waals surface area contributed by atoms with Gasteiger partial charge in [-0.3, -0.25) is 4.79 Å². The Morgan fingerprint density at radius 1 is 0.917 bits per heavy atom. The number of hydrogen-bond acceptors (Lipinski definition) is 2. The van der Waals surface area contributed by atoms with Crippen molar-refractivity contribution >= 4 is 33.3 Å². The van der Waals surface area contributed by atoms with Gasteiger partial charge in [-0.1, -0.05) is 30.3 Å². The van der Waals surface area contributed by atoms with Gasteiger partial charge in [-0.25, -0.2) is 8.78 Å². The molecule has 0 radical (unpaired) electrons. The molecular formula is C19H11F2NO2. The van der Waals surface area contributed by atoms with Gasteiger partial charge < -0.3 is 9.73 Å². The van der Waals surface area contributed by atoms with E-state index >= 15 is 0 Å². The number of anilines is 1. The lowest BCUT2D eigenvalue weighted by atomic mass is 10.1. The minimum absolute atomic E-state index is 0.0603. The van der Waals surface area contributed by atoms with E-state index in [1.54, 1.807) is 12.1 Å². The van der Waals surface area contributed by atoms with E-state index in [1.165, 1.54) is 6.07 Å². The Balaban J connectivity index is 1.73. The number of rotatable bonds is 2. The summed E-state index contributed by atoms with van der Waals surface area (Å²) >= 11 is 0. The average molecular weight is 323 g/mol. The zero-order valence-electron chi connectivity index (χ0n) is 12.3. The van der Waals surface area contributed by atoms with Crippen LogP contribution in [0.15, 0.2) is 65.1 Å². The smallest absolute Gasteiger partial charge is 0.291 e. The van der Waals surface area contributed by atoms with Crippen LogP contribution in [0.25, 0.3) is 21.7 Å². The first kappa shape index (κ1) is 14.4. The highest BCUT2D eigenvalue weighted by Gasteiger charge is 2.16. The lowest BCUT2D eigenvalue weighted by Gasteiger charge is -2.04. The molecule has 0 saturated heterocycles. The maximum atomic E-state index is 13.7. The maximum absolute atomic E-state index is 13.7. The average Bonchev–Trinajstić information content (AvgIpc) is 3.02. The summed E-state index contributed by atoms with van der Waals surface area (Å²) in [5, 5.41) is 5.19. The molecule has 3 aromatic carbocycles. The number of carbonyl (C=O) groups is 1. The monoisotopic (exact) mass is 323 g/mol. The van der Waals surface area contributed by atoms with Crippen molar-refractivity contribution in [1.82, 2.24) is 0 Å². The van der Waals surface area contributed by atoms with Crippen molar-refractivity contribution in [3.63, 3.8) is 0 Å². The standard InChI is InChI=1S/C19H11F2NO2/c20-12-6-7-16(15(21)9-12)22-19(23)18-10-14-13-4-2-1-3-11(13)5-8-17(14)24-18/h1-10H,(H,22,23). The maximum Gasteiger partial charge on any atom is 0.291 e. The third-order valence-electron chi connectivity index (χ3n) is 3.83. The molecular weight excluding hydrogens is 312 g/mol. The number of hydrogen-bond donors (Lipinski definition) is 1. The summed E-state index contributed by atoms with van der Waals surface area (Å²) in [6.07, 6.45) is 0. The Morgan fingerprint density at radius 2 is 1.75 bits per heavy atom. The Morgan fingerprint density at radius 3 is 2.58 bits per heavy atom. The van der Waals surface area contributed by atoms with Gasteiger partial charge in [0.15, 0.2) is 5.76 Å². The molecule has 3 nitrogen and oxygen atoms in total. The first-order valence-corrected chi connectivity index (χ1v) is 7.29. The number of fused-ring (bicyclic) bond motifs is 3. The Bertz CT molecular complexity index is 1090. The number of amides is 1. The van der Waals surface area contributed by atoms with Crippen molar-refractivity contribution in [3.05, 3.63) is 78.1 Å². The van der Waals surface area contributed by atoms with E-state index in [2.05, 4.69) is 5.32 Å². The highest BCUT2D eigenvalue weighted by Crippen LogP contribution is 2.28. The second kappa shape index (κ2) is 5.45. The van der Waals surface area contributed by atoms with Gasteiger partial charge in [0.2, 0.25) is 0 Å². The molecule has 0 unspecified atom stereocenters. The number of furan rings is 1. The van der Waals surface area contributed by atoms with Gasteiger partial charge in [0.05, 0.1) is 5.69 Å². The second-order valence-corrected chi connectivity index (χ2v) is 5.39. The van der Waals surface area contributed by atoms with Crippen molar-refractivity contribution < 1.29 is 18.0 Å². The summed E-state index contributed by atoms with van der Waals surface area (Å²) in [5.41, 5.74) is 0.463. The molecule has 0 spiro atoms. The Kier molecular flexibility index (Phi) is 3.27. The van der Waals surface area contributed by atoms with E-state index in [9.17, 15) is 13.6 Å². The van der Waals surface area contributed by atoms with Gasteiger partial charge in [-0.2, -0.15) is 0 Å². The van der Waals surface area contributed by atoms with Crippen LogP contribution >= 0.6 is 0 Å². The van der Waals surface area contributed by atoms with Crippen LogP contribution in [0, 0.1) is 11.6 Å². The zero-order valence-corrected chi connectivity index (χ0v) is 12.3. The van der Waals surface area contributed by atoms with Crippen molar-refractivity contribution in [1.29, 1.82) is 0 Å². The van der Waals surface area contributed by atoms with Crippen molar-refractivity contribution in [3.8, 4) is 0 Å². The fourth-order valence-electron chi connectivity index (χ4n) is 2.68. The number of halogens is 2. The molecule has 0 saturated carbocycles. The van der Waals surface area contributed by atoms with Crippen molar-refractivity contribution in [2.24, 2.45) is 0 Å². The lowest BCUT2D eigenvalue weighted by molar-refractivity contribution is 0.0998. The molecule has 0 aliphatic heterocycles. The van der Waals surface area contributed by atoms with E-state index in [1.807, 2.05) is 30.3 Å². The molecule has 24 heavy (non-hydrogen) atoms. The first-order valence-electron chi connectivity index (χ1n) is 7.29. The van der Waals surface area contributed by atoms with E-state index in [0.29, 0.717) is 11.6 Å². The molecule has 0 bridgehead atoms. The van der Waals surface area contributed by atoms with Crippen LogP contribution in [0.5, 0.6) is 0 Å². The molecule has 0 aliphatic carbocycles. The summed E-state index contributed by atoms with van der Waals surface area (Å²) < 4.78 is 32.1. The molecule has 5 heteroatoms. The highest BCUT2D eigenvalue weighted by atomic mass is 19.1. The van der Waals surface area contributed by atoms with Crippen LogP contribution < -0.4 is 5.32 Å². The third-order valence-corrected chi connectivity index (χ3v) is 3.83. The minimum atomic E-state index is -0.843. The lowest BCUT2D eigenvalue weighted by Crippen LogP contribution is -2.12. The SMILES string of the molecule is O=C(Nc1ccc(F)cc1F)c1cc2c(ccc3ccccc32)o1. The van der Waals surface area contributed by atoms with Crippen LogP contribution in [0.1, 0.15) is 10.6 Å². The summed E-state index contributed by atoms with van der Waals surface area (Å²) in [6.45, 7) is 0. The quantitative estimate of drug-likeness (QED) is 0.556. The van der Waals surface area contributed by atoms with Crippen LogP contribution in [0.2, 0.25) is 0 Å². The molecule has 0 atom stereocenters. The topological polar surface area (TPSA) is 42.2 Å². The van der Waals surface area contributed by atoms with Gasteiger partial charge in [-0.05, 0) is 35.0 Å². The van der Waals surface area contributed by atoms with Crippen LogP contribution in [0.3, 0.4) is 0 Å². The predicted octanol–water partition coefficient (Wildman–Crippen LogP) is 5.12. The van der Waals surface area contributed by atoms with Crippen LogP contribution in [0.4, 0.5) is 14.5 Å². The summed E-state index contributed by atoms with van der Waals surface area (Å²) in [4.78, 5) is 12.3. The zero-order chi connectivity index (χ0) is 16.7. The molecule has 1 aromatic heterocycles. The summed E-state index contributed by atoms with van der Waals surface area (Å²) in [5.74, 6) is -2.09. The van der Waals surface area contributed by atoms with E-state index in [0.717, 1.165) is 22.2 Å².